The molecule has 0 saturated carbocycles. The molecule has 1 rings (SSSR count). The van der Waals surface area contributed by atoms with Gasteiger partial charge in [-0.3, -0.25) is 9.00 Å². The largest absolute Gasteiger partial charge is 0.384 e. The van der Waals surface area contributed by atoms with Crippen LogP contribution in [0.3, 0.4) is 0 Å². The Morgan fingerprint density at radius 2 is 2.00 bits per heavy atom. The fourth-order valence-electron chi connectivity index (χ4n) is 1.15. The summed E-state index contributed by atoms with van der Waals surface area (Å²) < 4.78 is 15.9. The Hall–Kier alpha value is -1.20. The number of hydrogen-bond donors (Lipinski definition) is 1. The van der Waals surface area contributed by atoms with Crippen LogP contribution in [0.2, 0.25) is 0 Å². The monoisotopic (exact) mass is 241 g/mol. The van der Waals surface area contributed by atoms with E-state index in [1.54, 1.807) is 37.6 Å². The minimum atomic E-state index is -0.987. The van der Waals surface area contributed by atoms with Gasteiger partial charge in [0.25, 0.3) is 0 Å². The molecule has 0 fully saturated rings. The van der Waals surface area contributed by atoms with Gasteiger partial charge >= 0.3 is 0 Å². The number of hydrogen-bond acceptors (Lipinski definition) is 3. The van der Waals surface area contributed by atoms with E-state index in [4.69, 9.17) is 4.74 Å². The summed E-state index contributed by atoms with van der Waals surface area (Å²) in [4.78, 5) is 12.1. The highest BCUT2D eigenvalue weighted by molar-refractivity contribution is 7.84. The summed E-state index contributed by atoms with van der Waals surface area (Å²) in [5.41, 5.74) is 0.704. The molecule has 88 valence electrons. The van der Waals surface area contributed by atoms with Gasteiger partial charge in [0.15, 0.2) is 0 Å². The maximum Gasteiger partial charge on any atom is 0.226 e. The molecule has 0 aliphatic rings. The van der Waals surface area contributed by atoms with Crippen LogP contribution in [-0.4, -0.2) is 30.1 Å². The zero-order chi connectivity index (χ0) is 12.0. The predicted octanol–water partition coefficient (Wildman–Crippen LogP) is 1.40. The smallest absolute Gasteiger partial charge is 0.226 e. The van der Waals surface area contributed by atoms with Gasteiger partial charge in [-0.25, -0.2) is 0 Å². The van der Waals surface area contributed by atoms with Gasteiger partial charge in [-0.1, -0.05) is 0 Å². The lowest BCUT2D eigenvalue weighted by atomic mass is 10.3. The second-order valence-corrected chi connectivity index (χ2v) is 4.65. The average Bonchev–Trinajstić information content (AvgIpc) is 2.27. The van der Waals surface area contributed by atoms with Crippen molar-refractivity contribution in [2.45, 2.75) is 11.3 Å². The molecule has 0 aliphatic carbocycles. The zero-order valence-corrected chi connectivity index (χ0v) is 10.2. The summed E-state index contributed by atoms with van der Waals surface area (Å²) in [6, 6.07) is 6.95. The second-order valence-electron chi connectivity index (χ2n) is 3.27. The molecule has 0 spiro atoms. The van der Waals surface area contributed by atoms with E-state index in [1.807, 2.05) is 0 Å². The number of amides is 1. The van der Waals surface area contributed by atoms with Crippen LogP contribution in [0.15, 0.2) is 29.2 Å². The van der Waals surface area contributed by atoms with Crippen molar-refractivity contribution in [3.63, 3.8) is 0 Å². The Bertz CT molecular complexity index is 375. The highest BCUT2D eigenvalue weighted by Gasteiger charge is 2.02. The van der Waals surface area contributed by atoms with E-state index in [2.05, 4.69) is 5.32 Å². The molecule has 0 aromatic heterocycles. The Labute approximate surface area is 97.5 Å². The summed E-state index contributed by atoms with van der Waals surface area (Å²) in [6.45, 7) is 0.406. The molecule has 0 radical (unpaired) electrons. The summed E-state index contributed by atoms with van der Waals surface area (Å²) in [6.07, 6.45) is 1.95. The zero-order valence-electron chi connectivity index (χ0n) is 9.36. The maximum atomic E-state index is 11.3. The first-order chi connectivity index (χ1) is 7.63. The Morgan fingerprint density at radius 3 is 2.50 bits per heavy atom. The molecule has 1 N–H and O–H groups in total. The minimum absolute atomic E-state index is 0.0905. The fourth-order valence-corrected chi connectivity index (χ4v) is 1.67. The van der Waals surface area contributed by atoms with Crippen LogP contribution in [0.4, 0.5) is 5.69 Å². The molecule has 0 bridgehead atoms. The number of nitrogens with one attached hydrogen (secondary N) is 1. The van der Waals surface area contributed by atoms with Crippen molar-refractivity contribution < 1.29 is 13.7 Å². The van der Waals surface area contributed by atoms with E-state index in [9.17, 15) is 9.00 Å². The van der Waals surface area contributed by atoms with Gasteiger partial charge in [0.1, 0.15) is 0 Å². The van der Waals surface area contributed by atoms with Crippen molar-refractivity contribution in [3.05, 3.63) is 24.3 Å². The summed E-state index contributed by atoms with van der Waals surface area (Å²) in [7, 11) is 0.567. The lowest BCUT2D eigenvalue weighted by Gasteiger charge is -2.05. The van der Waals surface area contributed by atoms with Crippen LogP contribution in [0.25, 0.3) is 0 Å². The highest BCUT2D eigenvalue weighted by atomic mass is 32.2. The number of benzene rings is 1. The Kier molecular flexibility index (Phi) is 5.14. The topological polar surface area (TPSA) is 55.4 Å². The van der Waals surface area contributed by atoms with Crippen molar-refractivity contribution in [2.75, 3.05) is 25.3 Å². The van der Waals surface area contributed by atoms with Gasteiger partial charge < -0.3 is 10.1 Å². The van der Waals surface area contributed by atoms with E-state index in [0.717, 1.165) is 4.90 Å². The standard InChI is InChI=1S/C11H15NO3S/c1-15-8-7-11(13)12-9-3-5-10(6-4-9)16(2)14/h3-6H,7-8H2,1-2H3,(H,12,13). The third-order valence-electron chi connectivity index (χ3n) is 2.00. The van der Waals surface area contributed by atoms with Crippen molar-refractivity contribution in [1.29, 1.82) is 0 Å². The Morgan fingerprint density at radius 1 is 1.38 bits per heavy atom. The number of rotatable bonds is 5. The van der Waals surface area contributed by atoms with E-state index in [-0.39, 0.29) is 5.91 Å². The average molecular weight is 241 g/mol. The first-order valence-corrected chi connectivity index (χ1v) is 6.41. The highest BCUT2D eigenvalue weighted by Crippen LogP contribution is 2.11. The SMILES string of the molecule is COCCC(=O)Nc1ccc(S(C)=O)cc1. The van der Waals surface area contributed by atoms with Gasteiger partial charge in [0.05, 0.1) is 13.0 Å². The number of carbonyl (C=O) groups is 1. The molecule has 4 nitrogen and oxygen atoms in total. The maximum absolute atomic E-state index is 11.3. The molecular weight excluding hydrogens is 226 g/mol. The van der Waals surface area contributed by atoms with E-state index < -0.39 is 10.8 Å². The Balaban J connectivity index is 2.55. The quantitative estimate of drug-likeness (QED) is 0.847. The number of carbonyl (C=O) groups excluding carboxylic acids is 1. The van der Waals surface area contributed by atoms with Gasteiger partial charge in [-0.2, -0.15) is 0 Å². The number of anilines is 1. The molecule has 1 aromatic carbocycles. The van der Waals surface area contributed by atoms with Crippen LogP contribution >= 0.6 is 0 Å². The van der Waals surface area contributed by atoms with Crippen molar-refractivity contribution in [2.24, 2.45) is 0 Å². The molecule has 1 amide bonds. The summed E-state index contributed by atoms with van der Waals surface area (Å²) in [5, 5.41) is 2.72. The predicted molar refractivity (Wildman–Crippen MR) is 63.9 cm³/mol. The molecule has 1 unspecified atom stereocenters. The van der Waals surface area contributed by atoms with Crippen LogP contribution in [-0.2, 0) is 20.3 Å². The van der Waals surface area contributed by atoms with Crippen molar-refractivity contribution in [3.8, 4) is 0 Å². The van der Waals surface area contributed by atoms with Gasteiger partial charge in [0, 0.05) is 34.7 Å². The lowest BCUT2D eigenvalue weighted by molar-refractivity contribution is -0.117. The fraction of sp³-hybridized carbons (Fsp3) is 0.364. The molecule has 5 heteroatoms. The third kappa shape index (κ3) is 4.12. The summed E-state index contributed by atoms with van der Waals surface area (Å²) >= 11 is 0. The van der Waals surface area contributed by atoms with E-state index >= 15 is 0 Å². The minimum Gasteiger partial charge on any atom is -0.384 e. The number of methoxy groups -OCH3 is 1. The molecular formula is C11H15NO3S. The number of ether oxygens (including phenoxy) is 1. The van der Waals surface area contributed by atoms with Gasteiger partial charge in [-0.05, 0) is 24.3 Å². The molecule has 0 heterocycles. The first-order valence-electron chi connectivity index (χ1n) is 4.86. The normalized spacial score (nSPS) is 12.1. The molecule has 1 atom stereocenters. The third-order valence-corrected chi connectivity index (χ3v) is 2.94. The summed E-state index contributed by atoms with van der Waals surface area (Å²) in [5.74, 6) is -0.0905. The van der Waals surface area contributed by atoms with Crippen molar-refractivity contribution in [1.82, 2.24) is 0 Å². The molecule has 0 saturated heterocycles. The van der Waals surface area contributed by atoms with E-state index in [0.29, 0.717) is 18.7 Å². The lowest BCUT2D eigenvalue weighted by Crippen LogP contribution is -2.13. The van der Waals surface area contributed by atoms with Crippen molar-refractivity contribution >= 4 is 22.4 Å². The van der Waals surface area contributed by atoms with Gasteiger partial charge in [-0.15, -0.1) is 0 Å². The van der Waals surface area contributed by atoms with Crippen LogP contribution < -0.4 is 5.32 Å². The van der Waals surface area contributed by atoms with Crippen LogP contribution in [0.1, 0.15) is 6.42 Å². The van der Waals surface area contributed by atoms with Gasteiger partial charge in [0.2, 0.25) is 5.91 Å². The van der Waals surface area contributed by atoms with E-state index in [1.165, 1.54) is 0 Å². The molecule has 1 aromatic rings. The van der Waals surface area contributed by atoms with Crippen LogP contribution in [0, 0.1) is 0 Å². The van der Waals surface area contributed by atoms with Crippen LogP contribution in [0.5, 0.6) is 0 Å². The molecule has 0 aliphatic heterocycles. The second kappa shape index (κ2) is 6.40. The first kappa shape index (κ1) is 12.9. The molecule has 16 heavy (non-hydrogen) atoms.